The number of hydrogen-bond acceptors (Lipinski definition) is 3. The average molecular weight is 314 g/mol. The summed E-state index contributed by atoms with van der Waals surface area (Å²) in [6, 6.07) is 10.5. The molecule has 0 radical (unpaired) electrons. The fraction of sp³-hybridized carbons (Fsp3) is 0.571. The van der Waals surface area contributed by atoms with Gasteiger partial charge in [-0.05, 0) is 18.6 Å². The van der Waals surface area contributed by atoms with Gasteiger partial charge in [0.1, 0.15) is 5.75 Å². The maximum atomic E-state index is 5.70. The highest BCUT2D eigenvalue weighted by atomic mass is 79.9. The minimum atomic E-state index is 0.510. The molecule has 3 nitrogen and oxygen atoms in total. The van der Waals surface area contributed by atoms with Crippen LogP contribution in [0.4, 0.5) is 0 Å². The molecule has 0 saturated carbocycles. The van der Waals surface area contributed by atoms with Crippen molar-refractivity contribution in [3.8, 4) is 5.75 Å². The van der Waals surface area contributed by atoms with Crippen molar-refractivity contribution in [1.82, 2.24) is 4.90 Å². The molecule has 1 aliphatic heterocycles. The Kier molecular flexibility index (Phi) is 5.97. The fourth-order valence-electron chi connectivity index (χ4n) is 2.10. The summed E-state index contributed by atoms with van der Waals surface area (Å²) in [6.45, 7) is 4.57. The highest BCUT2D eigenvalue weighted by Crippen LogP contribution is 2.11. The van der Waals surface area contributed by atoms with Crippen LogP contribution in [0.3, 0.4) is 0 Å². The SMILES string of the molecule is BrCC1COCCN1CCCOc1ccccc1. The predicted octanol–water partition coefficient (Wildman–Crippen LogP) is 2.55. The number of ether oxygens (including phenoxy) is 2. The van der Waals surface area contributed by atoms with Crippen LogP contribution in [-0.2, 0) is 4.74 Å². The Labute approximate surface area is 117 Å². The van der Waals surface area contributed by atoms with E-state index < -0.39 is 0 Å². The number of morpholine rings is 1. The Balaban J connectivity index is 1.65. The van der Waals surface area contributed by atoms with E-state index in [4.69, 9.17) is 9.47 Å². The summed E-state index contributed by atoms with van der Waals surface area (Å²) in [5.41, 5.74) is 0. The molecule has 1 aromatic rings. The standard InChI is InChI=1S/C14H20BrNO2/c15-11-13-12-17-10-8-16(13)7-4-9-18-14-5-2-1-3-6-14/h1-3,5-6,13H,4,7-12H2. The largest absolute Gasteiger partial charge is 0.494 e. The first-order valence-electron chi connectivity index (χ1n) is 6.46. The molecule has 0 amide bonds. The van der Waals surface area contributed by atoms with Crippen molar-refractivity contribution in [3.05, 3.63) is 30.3 Å². The van der Waals surface area contributed by atoms with Crippen molar-refractivity contribution in [2.24, 2.45) is 0 Å². The summed E-state index contributed by atoms with van der Waals surface area (Å²) in [5.74, 6) is 0.955. The number of rotatable bonds is 6. The topological polar surface area (TPSA) is 21.7 Å². The number of para-hydroxylation sites is 1. The lowest BCUT2D eigenvalue weighted by molar-refractivity contribution is 0.000198. The summed E-state index contributed by atoms with van der Waals surface area (Å²) >= 11 is 3.54. The van der Waals surface area contributed by atoms with Crippen molar-refractivity contribution in [3.63, 3.8) is 0 Å². The second-order valence-corrected chi connectivity index (χ2v) is 5.08. The minimum absolute atomic E-state index is 0.510. The monoisotopic (exact) mass is 313 g/mol. The van der Waals surface area contributed by atoms with Gasteiger partial charge in [-0.2, -0.15) is 0 Å². The quantitative estimate of drug-likeness (QED) is 0.595. The van der Waals surface area contributed by atoms with Crippen LogP contribution in [0, 0.1) is 0 Å². The lowest BCUT2D eigenvalue weighted by Gasteiger charge is -2.34. The Morgan fingerprint density at radius 3 is 2.94 bits per heavy atom. The third-order valence-corrected chi connectivity index (χ3v) is 3.88. The molecule has 1 heterocycles. The minimum Gasteiger partial charge on any atom is -0.494 e. The van der Waals surface area contributed by atoms with Crippen LogP contribution in [0.1, 0.15) is 6.42 Å². The van der Waals surface area contributed by atoms with E-state index in [9.17, 15) is 0 Å². The first-order valence-corrected chi connectivity index (χ1v) is 7.58. The molecule has 18 heavy (non-hydrogen) atoms. The van der Waals surface area contributed by atoms with Gasteiger partial charge in [0.05, 0.1) is 19.8 Å². The zero-order valence-corrected chi connectivity index (χ0v) is 12.1. The van der Waals surface area contributed by atoms with E-state index in [2.05, 4.69) is 20.8 Å². The van der Waals surface area contributed by atoms with E-state index in [0.29, 0.717) is 6.04 Å². The molecule has 1 fully saturated rings. The van der Waals surface area contributed by atoms with Crippen molar-refractivity contribution < 1.29 is 9.47 Å². The molecular weight excluding hydrogens is 294 g/mol. The molecule has 1 saturated heterocycles. The van der Waals surface area contributed by atoms with Crippen LogP contribution in [0.25, 0.3) is 0 Å². The van der Waals surface area contributed by atoms with Crippen LogP contribution in [0.5, 0.6) is 5.75 Å². The van der Waals surface area contributed by atoms with Crippen LogP contribution in [0.15, 0.2) is 30.3 Å². The zero-order chi connectivity index (χ0) is 12.6. The summed E-state index contributed by atoms with van der Waals surface area (Å²) in [6.07, 6.45) is 1.05. The summed E-state index contributed by atoms with van der Waals surface area (Å²) in [5, 5.41) is 0.979. The summed E-state index contributed by atoms with van der Waals surface area (Å²) in [4.78, 5) is 2.48. The van der Waals surface area contributed by atoms with Crippen LogP contribution < -0.4 is 4.74 Å². The van der Waals surface area contributed by atoms with E-state index in [1.165, 1.54) is 0 Å². The van der Waals surface area contributed by atoms with E-state index >= 15 is 0 Å². The molecule has 0 aromatic heterocycles. The van der Waals surface area contributed by atoms with Gasteiger partial charge in [0.25, 0.3) is 0 Å². The highest BCUT2D eigenvalue weighted by molar-refractivity contribution is 9.09. The number of alkyl halides is 1. The van der Waals surface area contributed by atoms with Crippen LogP contribution in [-0.4, -0.2) is 49.2 Å². The third-order valence-electron chi connectivity index (χ3n) is 3.13. The van der Waals surface area contributed by atoms with E-state index in [0.717, 1.165) is 50.4 Å². The van der Waals surface area contributed by atoms with Crippen molar-refractivity contribution in [1.29, 1.82) is 0 Å². The summed E-state index contributed by atoms with van der Waals surface area (Å²) in [7, 11) is 0. The van der Waals surface area contributed by atoms with Gasteiger partial charge in [0.15, 0.2) is 0 Å². The van der Waals surface area contributed by atoms with Gasteiger partial charge >= 0.3 is 0 Å². The molecule has 100 valence electrons. The fourth-order valence-corrected chi connectivity index (χ4v) is 2.70. The highest BCUT2D eigenvalue weighted by Gasteiger charge is 2.21. The van der Waals surface area contributed by atoms with Gasteiger partial charge in [-0.1, -0.05) is 34.1 Å². The van der Waals surface area contributed by atoms with E-state index in [1.807, 2.05) is 30.3 Å². The van der Waals surface area contributed by atoms with Gasteiger partial charge in [0, 0.05) is 24.5 Å². The van der Waals surface area contributed by atoms with Crippen molar-refractivity contribution in [2.75, 3.05) is 38.2 Å². The maximum Gasteiger partial charge on any atom is 0.119 e. The molecule has 4 heteroatoms. The molecule has 0 aliphatic carbocycles. The number of benzene rings is 1. The molecule has 2 rings (SSSR count). The molecule has 1 unspecified atom stereocenters. The van der Waals surface area contributed by atoms with Gasteiger partial charge in [-0.15, -0.1) is 0 Å². The Hall–Kier alpha value is -0.580. The Bertz CT molecular complexity index is 334. The second-order valence-electron chi connectivity index (χ2n) is 4.43. The van der Waals surface area contributed by atoms with Gasteiger partial charge < -0.3 is 9.47 Å². The smallest absolute Gasteiger partial charge is 0.119 e. The second kappa shape index (κ2) is 7.77. The van der Waals surface area contributed by atoms with Gasteiger partial charge in [-0.25, -0.2) is 0 Å². The Morgan fingerprint density at radius 1 is 1.33 bits per heavy atom. The molecule has 1 aliphatic rings. The lowest BCUT2D eigenvalue weighted by Crippen LogP contribution is -2.47. The molecule has 0 spiro atoms. The average Bonchev–Trinajstić information content (AvgIpc) is 2.45. The first kappa shape index (κ1) is 13.8. The van der Waals surface area contributed by atoms with Crippen LogP contribution in [0.2, 0.25) is 0 Å². The van der Waals surface area contributed by atoms with E-state index in [1.54, 1.807) is 0 Å². The molecule has 1 aromatic carbocycles. The third kappa shape index (κ3) is 4.26. The number of halogens is 1. The maximum absolute atomic E-state index is 5.70. The summed E-state index contributed by atoms with van der Waals surface area (Å²) < 4.78 is 11.2. The lowest BCUT2D eigenvalue weighted by atomic mass is 10.2. The zero-order valence-electron chi connectivity index (χ0n) is 10.6. The molecule has 0 N–H and O–H groups in total. The molecule has 0 bridgehead atoms. The van der Waals surface area contributed by atoms with E-state index in [-0.39, 0.29) is 0 Å². The predicted molar refractivity (Wildman–Crippen MR) is 76.5 cm³/mol. The van der Waals surface area contributed by atoms with Gasteiger partial charge in [0.2, 0.25) is 0 Å². The number of hydrogen-bond donors (Lipinski definition) is 0. The normalized spacial score (nSPS) is 20.8. The van der Waals surface area contributed by atoms with Gasteiger partial charge in [-0.3, -0.25) is 4.90 Å². The first-order chi connectivity index (χ1) is 8.90. The van der Waals surface area contributed by atoms with Crippen LogP contribution >= 0.6 is 15.9 Å². The van der Waals surface area contributed by atoms with Crippen molar-refractivity contribution in [2.45, 2.75) is 12.5 Å². The molecular formula is C14H20BrNO2. The number of nitrogens with zero attached hydrogens (tertiary/aromatic N) is 1. The Morgan fingerprint density at radius 2 is 2.17 bits per heavy atom. The van der Waals surface area contributed by atoms with Crippen molar-refractivity contribution >= 4 is 15.9 Å². The molecule has 1 atom stereocenters.